The summed E-state index contributed by atoms with van der Waals surface area (Å²) in [4.78, 5) is 8.66. The summed E-state index contributed by atoms with van der Waals surface area (Å²) in [5, 5.41) is 0. The maximum Gasteiger partial charge on any atom is 0.159 e. The Balaban J connectivity index is 2.49. The molecule has 0 atom stereocenters. The molecule has 0 amide bonds. The predicted octanol–water partition coefficient (Wildman–Crippen LogP) is 3.95. The first-order chi connectivity index (χ1) is 7.70. The Kier molecular flexibility index (Phi) is 3.56. The molecule has 16 heavy (non-hydrogen) atoms. The highest BCUT2D eigenvalue weighted by molar-refractivity contribution is 9.10. The fourth-order valence-corrected chi connectivity index (χ4v) is 2.10. The Bertz CT molecular complexity index is 514. The van der Waals surface area contributed by atoms with E-state index in [0.717, 1.165) is 27.1 Å². The number of hydrogen-bond acceptors (Lipinski definition) is 2. The van der Waals surface area contributed by atoms with Crippen LogP contribution in [-0.2, 0) is 5.88 Å². The summed E-state index contributed by atoms with van der Waals surface area (Å²) in [5.74, 6) is 1.13. The Morgan fingerprint density at radius 2 is 2.12 bits per heavy atom. The third-order valence-electron chi connectivity index (χ3n) is 2.28. The minimum absolute atomic E-state index is 0.408. The second kappa shape index (κ2) is 4.93. The Morgan fingerprint density at radius 3 is 2.81 bits per heavy atom. The monoisotopic (exact) mass is 296 g/mol. The van der Waals surface area contributed by atoms with Crippen LogP contribution >= 0.6 is 27.5 Å². The lowest BCUT2D eigenvalue weighted by molar-refractivity contribution is 1.09. The van der Waals surface area contributed by atoms with Crippen LogP contribution in [0.3, 0.4) is 0 Å². The maximum atomic E-state index is 5.75. The summed E-state index contributed by atoms with van der Waals surface area (Å²) in [5.41, 5.74) is 3.02. The van der Waals surface area contributed by atoms with Gasteiger partial charge in [0.25, 0.3) is 0 Å². The third-order valence-corrected chi connectivity index (χ3v) is 3.05. The molecule has 0 spiro atoms. The fourth-order valence-electron chi connectivity index (χ4n) is 1.48. The van der Waals surface area contributed by atoms with Gasteiger partial charge in [-0.3, -0.25) is 0 Å². The normalized spacial score (nSPS) is 10.4. The zero-order valence-corrected chi connectivity index (χ0v) is 11.1. The zero-order valence-electron chi connectivity index (χ0n) is 8.74. The van der Waals surface area contributed by atoms with Gasteiger partial charge in [-0.25, -0.2) is 9.97 Å². The number of halogens is 2. The van der Waals surface area contributed by atoms with Crippen LogP contribution in [0.15, 0.2) is 34.9 Å². The van der Waals surface area contributed by atoms with Crippen molar-refractivity contribution < 1.29 is 0 Å². The molecule has 0 N–H and O–H groups in total. The minimum atomic E-state index is 0.408. The van der Waals surface area contributed by atoms with E-state index in [9.17, 15) is 0 Å². The van der Waals surface area contributed by atoms with Gasteiger partial charge in [0, 0.05) is 16.2 Å². The van der Waals surface area contributed by atoms with Gasteiger partial charge >= 0.3 is 0 Å². The molecule has 0 aliphatic heterocycles. The van der Waals surface area contributed by atoms with Gasteiger partial charge in [0.15, 0.2) is 5.82 Å². The van der Waals surface area contributed by atoms with Crippen molar-refractivity contribution in [2.24, 2.45) is 0 Å². The highest BCUT2D eigenvalue weighted by Crippen LogP contribution is 2.23. The number of rotatable bonds is 2. The first kappa shape index (κ1) is 11.6. The van der Waals surface area contributed by atoms with Crippen LogP contribution in [-0.4, -0.2) is 9.97 Å². The average Bonchev–Trinajstić information content (AvgIpc) is 2.29. The van der Waals surface area contributed by atoms with Gasteiger partial charge in [-0.2, -0.15) is 0 Å². The molecule has 0 aliphatic rings. The van der Waals surface area contributed by atoms with Crippen LogP contribution in [0.5, 0.6) is 0 Å². The molecule has 0 saturated carbocycles. The van der Waals surface area contributed by atoms with E-state index >= 15 is 0 Å². The van der Waals surface area contributed by atoms with Crippen LogP contribution < -0.4 is 0 Å². The average molecular weight is 298 g/mol. The van der Waals surface area contributed by atoms with Gasteiger partial charge in [0.2, 0.25) is 0 Å². The van der Waals surface area contributed by atoms with Crippen LogP contribution in [0.4, 0.5) is 0 Å². The number of alkyl halides is 1. The Morgan fingerprint density at radius 1 is 1.31 bits per heavy atom. The smallest absolute Gasteiger partial charge is 0.159 e. The highest BCUT2D eigenvalue weighted by Gasteiger charge is 2.05. The lowest BCUT2D eigenvalue weighted by Gasteiger charge is -2.05. The van der Waals surface area contributed by atoms with E-state index in [1.807, 2.05) is 31.2 Å². The van der Waals surface area contributed by atoms with Gasteiger partial charge in [-0.05, 0) is 36.8 Å². The third kappa shape index (κ3) is 2.42. The molecule has 1 aromatic carbocycles. The molecule has 82 valence electrons. The van der Waals surface area contributed by atoms with E-state index < -0.39 is 0 Å². The lowest BCUT2D eigenvalue weighted by atomic mass is 10.1. The first-order valence-electron chi connectivity index (χ1n) is 4.85. The van der Waals surface area contributed by atoms with Crippen LogP contribution in [0.2, 0.25) is 0 Å². The SMILES string of the molecule is Cc1cc(Br)ccc1-c1nccc(CCl)n1. The Hall–Kier alpha value is -0.930. The summed E-state index contributed by atoms with van der Waals surface area (Å²) in [6.07, 6.45) is 1.74. The second-order valence-electron chi connectivity index (χ2n) is 3.46. The second-order valence-corrected chi connectivity index (χ2v) is 4.65. The molecule has 4 heteroatoms. The summed E-state index contributed by atoms with van der Waals surface area (Å²) in [7, 11) is 0. The van der Waals surface area contributed by atoms with Crippen molar-refractivity contribution in [3.8, 4) is 11.4 Å². The van der Waals surface area contributed by atoms with E-state index in [4.69, 9.17) is 11.6 Å². The van der Waals surface area contributed by atoms with E-state index in [-0.39, 0.29) is 0 Å². The number of aryl methyl sites for hydroxylation is 1. The summed E-state index contributed by atoms with van der Waals surface area (Å²) >= 11 is 9.19. The van der Waals surface area contributed by atoms with Crippen LogP contribution in [0.25, 0.3) is 11.4 Å². The molecule has 2 rings (SSSR count). The van der Waals surface area contributed by atoms with Crippen molar-refractivity contribution in [2.45, 2.75) is 12.8 Å². The lowest BCUT2D eigenvalue weighted by Crippen LogP contribution is -1.94. The molecule has 0 aliphatic carbocycles. The fraction of sp³-hybridized carbons (Fsp3) is 0.167. The summed E-state index contributed by atoms with van der Waals surface area (Å²) in [6.45, 7) is 2.04. The van der Waals surface area contributed by atoms with Gasteiger partial charge < -0.3 is 0 Å². The highest BCUT2D eigenvalue weighted by atomic mass is 79.9. The molecule has 0 fully saturated rings. The molecule has 0 unspecified atom stereocenters. The van der Waals surface area contributed by atoms with Crippen molar-refractivity contribution in [3.05, 3.63) is 46.2 Å². The van der Waals surface area contributed by atoms with Gasteiger partial charge in [0.05, 0.1) is 11.6 Å². The quantitative estimate of drug-likeness (QED) is 0.784. The van der Waals surface area contributed by atoms with Gasteiger partial charge in [0.1, 0.15) is 0 Å². The molecule has 2 nitrogen and oxygen atoms in total. The van der Waals surface area contributed by atoms with Crippen molar-refractivity contribution in [1.82, 2.24) is 9.97 Å². The molecular formula is C12H10BrClN2. The van der Waals surface area contributed by atoms with E-state index in [1.165, 1.54) is 0 Å². The van der Waals surface area contributed by atoms with Crippen LogP contribution in [0.1, 0.15) is 11.3 Å². The summed E-state index contributed by atoms with van der Waals surface area (Å²) in [6, 6.07) is 7.86. The number of hydrogen-bond donors (Lipinski definition) is 0. The van der Waals surface area contributed by atoms with Crippen molar-refractivity contribution in [3.63, 3.8) is 0 Å². The number of aromatic nitrogens is 2. The van der Waals surface area contributed by atoms with Crippen molar-refractivity contribution >= 4 is 27.5 Å². The zero-order chi connectivity index (χ0) is 11.5. The maximum absolute atomic E-state index is 5.75. The topological polar surface area (TPSA) is 25.8 Å². The predicted molar refractivity (Wildman–Crippen MR) is 69.5 cm³/mol. The van der Waals surface area contributed by atoms with Crippen LogP contribution in [0, 0.1) is 6.92 Å². The first-order valence-corrected chi connectivity index (χ1v) is 6.18. The number of benzene rings is 1. The van der Waals surface area contributed by atoms with E-state index in [0.29, 0.717) is 5.88 Å². The minimum Gasteiger partial charge on any atom is -0.237 e. The molecule has 1 aromatic heterocycles. The van der Waals surface area contributed by atoms with Crippen molar-refractivity contribution in [1.29, 1.82) is 0 Å². The molecule has 2 aromatic rings. The van der Waals surface area contributed by atoms with Gasteiger partial charge in [-0.15, -0.1) is 11.6 Å². The van der Waals surface area contributed by atoms with E-state index in [1.54, 1.807) is 6.20 Å². The Labute approximate surface area is 108 Å². The van der Waals surface area contributed by atoms with Crippen molar-refractivity contribution in [2.75, 3.05) is 0 Å². The molecule has 0 bridgehead atoms. The molecular weight excluding hydrogens is 288 g/mol. The number of nitrogens with zero attached hydrogens (tertiary/aromatic N) is 2. The van der Waals surface area contributed by atoms with Gasteiger partial charge in [-0.1, -0.05) is 15.9 Å². The molecule has 1 heterocycles. The molecule has 0 saturated heterocycles. The largest absolute Gasteiger partial charge is 0.237 e. The summed E-state index contributed by atoms with van der Waals surface area (Å²) < 4.78 is 1.06. The standard InChI is InChI=1S/C12H10BrClN2/c1-8-6-9(13)2-3-11(8)12-15-5-4-10(7-14)16-12/h2-6H,7H2,1H3. The molecule has 0 radical (unpaired) electrons. The van der Waals surface area contributed by atoms with E-state index in [2.05, 4.69) is 25.9 Å².